The third kappa shape index (κ3) is 3.31. The lowest BCUT2D eigenvalue weighted by Crippen LogP contribution is -2.39. The van der Waals surface area contributed by atoms with Gasteiger partial charge in [-0.25, -0.2) is 26.3 Å². The summed E-state index contributed by atoms with van der Waals surface area (Å²) in [5, 5.41) is 9.32. The highest BCUT2D eigenvalue weighted by Gasteiger charge is 2.29. The van der Waals surface area contributed by atoms with Gasteiger partial charge >= 0.3 is 0 Å². The fourth-order valence-electron chi connectivity index (χ4n) is 2.26. The highest BCUT2D eigenvalue weighted by atomic mass is 32.2. The zero-order valence-electron chi connectivity index (χ0n) is 10.4. The number of aliphatic hydroxyl groups is 1. The minimum absolute atomic E-state index is 0.322. The summed E-state index contributed by atoms with van der Waals surface area (Å²) in [6.07, 6.45) is 1.12. The Morgan fingerprint density at radius 2 is 1.55 bits per heavy atom. The van der Waals surface area contributed by atoms with Crippen LogP contribution in [0, 0.1) is 17.5 Å². The third-order valence-corrected chi connectivity index (χ3v) is 4.82. The van der Waals surface area contributed by atoms with E-state index in [1.165, 1.54) is 0 Å². The predicted molar refractivity (Wildman–Crippen MR) is 64.9 cm³/mol. The molecule has 0 bridgehead atoms. The molecule has 0 saturated heterocycles. The second-order valence-corrected chi connectivity index (χ2v) is 6.48. The number of aliphatic hydroxyl groups excluding tert-OH is 1. The summed E-state index contributed by atoms with van der Waals surface area (Å²) < 4.78 is 65.9. The minimum atomic E-state index is -4.40. The first-order chi connectivity index (χ1) is 9.29. The van der Waals surface area contributed by atoms with Crippen LogP contribution in [0.4, 0.5) is 13.2 Å². The van der Waals surface area contributed by atoms with Crippen LogP contribution in [0.2, 0.25) is 0 Å². The molecule has 20 heavy (non-hydrogen) atoms. The van der Waals surface area contributed by atoms with E-state index in [0.717, 1.165) is 0 Å². The number of halogens is 3. The highest BCUT2D eigenvalue weighted by Crippen LogP contribution is 2.23. The van der Waals surface area contributed by atoms with Crippen molar-refractivity contribution in [2.24, 2.45) is 0 Å². The molecular formula is C12H14F3NO3S. The zero-order chi connectivity index (χ0) is 14.9. The maximum atomic E-state index is 13.5. The van der Waals surface area contributed by atoms with E-state index in [1.54, 1.807) is 0 Å². The van der Waals surface area contributed by atoms with Gasteiger partial charge in [0.1, 0.15) is 17.5 Å². The summed E-state index contributed by atoms with van der Waals surface area (Å²) in [6.45, 7) is 0. The van der Waals surface area contributed by atoms with Gasteiger partial charge in [0, 0.05) is 18.2 Å². The molecule has 0 aliphatic heterocycles. The van der Waals surface area contributed by atoms with Crippen LogP contribution in [0.3, 0.4) is 0 Å². The van der Waals surface area contributed by atoms with E-state index >= 15 is 0 Å². The Morgan fingerprint density at radius 1 is 1.05 bits per heavy atom. The van der Waals surface area contributed by atoms with Crippen LogP contribution >= 0.6 is 0 Å². The van der Waals surface area contributed by atoms with Crippen LogP contribution in [0.25, 0.3) is 0 Å². The summed E-state index contributed by atoms with van der Waals surface area (Å²) in [5.41, 5.74) is 0. The highest BCUT2D eigenvalue weighted by molar-refractivity contribution is 7.89. The number of hydrogen-bond donors (Lipinski definition) is 2. The van der Waals surface area contributed by atoms with Crippen molar-refractivity contribution in [3.05, 3.63) is 29.6 Å². The molecule has 1 aliphatic carbocycles. The van der Waals surface area contributed by atoms with Crippen LogP contribution in [0.5, 0.6) is 0 Å². The van der Waals surface area contributed by atoms with Gasteiger partial charge in [0.05, 0.1) is 6.10 Å². The SMILES string of the molecule is O=S(=O)(NC1CCC(O)CC1)c1c(F)cc(F)cc1F. The molecule has 0 spiro atoms. The maximum Gasteiger partial charge on any atom is 0.246 e. The van der Waals surface area contributed by atoms with E-state index in [0.29, 0.717) is 37.8 Å². The van der Waals surface area contributed by atoms with Gasteiger partial charge in [-0.15, -0.1) is 0 Å². The molecule has 0 heterocycles. The Morgan fingerprint density at radius 3 is 2.05 bits per heavy atom. The monoisotopic (exact) mass is 309 g/mol. The quantitative estimate of drug-likeness (QED) is 0.893. The number of benzene rings is 1. The molecule has 0 radical (unpaired) electrons. The first-order valence-electron chi connectivity index (χ1n) is 6.14. The van der Waals surface area contributed by atoms with Gasteiger partial charge in [0.25, 0.3) is 0 Å². The Labute approximate surface area is 114 Å². The molecule has 2 rings (SSSR count). The van der Waals surface area contributed by atoms with E-state index in [4.69, 9.17) is 0 Å². The summed E-state index contributed by atoms with van der Waals surface area (Å²) in [4.78, 5) is -1.18. The lowest BCUT2D eigenvalue weighted by Gasteiger charge is -2.26. The molecular weight excluding hydrogens is 295 g/mol. The molecule has 0 atom stereocenters. The van der Waals surface area contributed by atoms with Crippen LogP contribution < -0.4 is 4.72 Å². The third-order valence-electron chi connectivity index (χ3n) is 3.25. The van der Waals surface area contributed by atoms with Gasteiger partial charge in [-0.2, -0.15) is 0 Å². The molecule has 112 valence electrons. The molecule has 1 aromatic rings. The summed E-state index contributed by atoms with van der Waals surface area (Å²) >= 11 is 0. The van der Waals surface area contributed by atoms with Crippen LogP contribution in [0.1, 0.15) is 25.7 Å². The van der Waals surface area contributed by atoms with Crippen molar-refractivity contribution in [2.45, 2.75) is 42.7 Å². The molecule has 0 aromatic heterocycles. The fourth-order valence-corrected chi connectivity index (χ4v) is 3.68. The fraction of sp³-hybridized carbons (Fsp3) is 0.500. The van der Waals surface area contributed by atoms with Crippen LogP contribution in [-0.4, -0.2) is 25.7 Å². The predicted octanol–water partition coefficient (Wildman–Crippen LogP) is 1.69. The Balaban J connectivity index is 2.23. The van der Waals surface area contributed by atoms with E-state index in [9.17, 15) is 26.7 Å². The summed E-state index contributed by atoms with van der Waals surface area (Å²) in [7, 11) is -4.40. The first-order valence-corrected chi connectivity index (χ1v) is 7.63. The minimum Gasteiger partial charge on any atom is -0.393 e. The first kappa shape index (κ1) is 15.3. The summed E-state index contributed by atoms with van der Waals surface area (Å²) in [5.74, 6) is -4.11. The number of sulfonamides is 1. The largest absolute Gasteiger partial charge is 0.393 e. The van der Waals surface area contributed by atoms with Gasteiger partial charge in [-0.05, 0) is 25.7 Å². The molecule has 0 amide bonds. The van der Waals surface area contributed by atoms with Gasteiger partial charge in [0.15, 0.2) is 4.90 Å². The Hall–Kier alpha value is -1.12. The molecule has 1 aliphatic rings. The van der Waals surface area contributed by atoms with Gasteiger partial charge in [0.2, 0.25) is 10.0 Å². The average molecular weight is 309 g/mol. The van der Waals surface area contributed by atoms with Crippen molar-refractivity contribution in [3.63, 3.8) is 0 Å². The van der Waals surface area contributed by atoms with Gasteiger partial charge in [-0.3, -0.25) is 0 Å². The van der Waals surface area contributed by atoms with Crippen molar-refractivity contribution in [1.29, 1.82) is 0 Å². The second kappa shape index (κ2) is 5.71. The maximum absolute atomic E-state index is 13.5. The Kier molecular flexibility index (Phi) is 4.36. The van der Waals surface area contributed by atoms with Crippen molar-refractivity contribution in [3.8, 4) is 0 Å². The lowest BCUT2D eigenvalue weighted by molar-refractivity contribution is 0.120. The molecule has 2 N–H and O–H groups in total. The topological polar surface area (TPSA) is 66.4 Å². The van der Waals surface area contributed by atoms with Crippen LogP contribution in [0.15, 0.2) is 17.0 Å². The number of nitrogens with one attached hydrogen (secondary N) is 1. The summed E-state index contributed by atoms with van der Waals surface area (Å²) in [6, 6.07) is 0.150. The van der Waals surface area contributed by atoms with Crippen molar-refractivity contribution >= 4 is 10.0 Å². The van der Waals surface area contributed by atoms with E-state index in [2.05, 4.69) is 4.72 Å². The van der Waals surface area contributed by atoms with Crippen LogP contribution in [-0.2, 0) is 10.0 Å². The van der Waals surface area contributed by atoms with E-state index < -0.39 is 44.5 Å². The van der Waals surface area contributed by atoms with E-state index in [1.807, 2.05) is 0 Å². The zero-order valence-corrected chi connectivity index (χ0v) is 11.3. The molecule has 1 aromatic carbocycles. The van der Waals surface area contributed by atoms with Crippen molar-refractivity contribution in [1.82, 2.24) is 4.72 Å². The average Bonchev–Trinajstić information content (AvgIpc) is 2.30. The van der Waals surface area contributed by atoms with E-state index in [-0.39, 0.29) is 0 Å². The van der Waals surface area contributed by atoms with Crippen molar-refractivity contribution < 1.29 is 26.7 Å². The van der Waals surface area contributed by atoms with Crippen molar-refractivity contribution in [2.75, 3.05) is 0 Å². The second-order valence-electron chi connectivity index (χ2n) is 4.83. The molecule has 8 heteroatoms. The smallest absolute Gasteiger partial charge is 0.246 e. The molecule has 0 unspecified atom stereocenters. The molecule has 1 fully saturated rings. The lowest BCUT2D eigenvalue weighted by atomic mass is 9.94. The number of hydrogen-bond acceptors (Lipinski definition) is 3. The number of rotatable bonds is 3. The Bertz CT molecular complexity index is 575. The van der Waals surface area contributed by atoms with Gasteiger partial charge in [-0.1, -0.05) is 0 Å². The molecule has 1 saturated carbocycles. The standard InChI is InChI=1S/C12H14F3NO3S/c13-7-5-10(14)12(11(15)6-7)20(18,19)16-8-1-3-9(17)4-2-8/h5-6,8-9,16-17H,1-4H2. The van der Waals surface area contributed by atoms with Gasteiger partial charge < -0.3 is 5.11 Å². The normalized spacial score (nSPS) is 23.8. The molecule has 4 nitrogen and oxygen atoms in total.